The molecule has 1 aromatic rings. The van der Waals surface area contributed by atoms with Gasteiger partial charge in [-0.05, 0) is 42.7 Å². The predicted octanol–water partition coefficient (Wildman–Crippen LogP) is 2.82. The molecule has 4 nitrogen and oxygen atoms in total. The number of aryl methyl sites for hydroxylation is 1. The number of nitrogens with one attached hydrogen (secondary N) is 1. The fraction of sp³-hybridized carbons (Fsp3) is 0.625. The van der Waals surface area contributed by atoms with Gasteiger partial charge in [-0.1, -0.05) is 13.8 Å². The zero-order valence-corrected chi connectivity index (χ0v) is 13.8. The summed E-state index contributed by atoms with van der Waals surface area (Å²) in [4.78, 5) is 26.9. The third-order valence-electron chi connectivity index (χ3n) is 3.83. The van der Waals surface area contributed by atoms with Crippen LogP contribution in [0.3, 0.4) is 0 Å². The Bertz CT molecular complexity index is 502. The third kappa shape index (κ3) is 4.30. The summed E-state index contributed by atoms with van der Waals surface area (Å²) in [7, 11) is 0. The van der Waals surface area contributed by atoms with Gasteiger partial charge in [0.15, 0.2) is 0 Å². The first-order chi connectivity index (χ1) is 9.97. The van der Waals surface area contributed by atoms with Gasteiger partial charge >= 0.3 is 0 Å². The number of rotatable bonds is 4. The van der Waals surface area contributed by atoms with Gasteiger partial charge in [0.2, 0.25) is 5.91 Å². The van der Waals surface area contributed by atoms with Crippen molar-refractivity contribution in [2.45, 2.75) is 46.1 Å². The van der Waals surface area contributed by atoms with Crippen LogP contribution in [0.15, 0.2) is 11.4 Å². The Hall–Kier alpha value is -1.36. The second kappa shape index (κ2) is 7.07. The maximum absolute atomic E-state index is 12.2. The molecule has 1 N–H and O–H groups in total. The fourth-order valence-electron chi connectivity index (χ4n) is 2.61. The summed E-state index contributed by atoms with van der Waals surface area (Å²) in [5.74, 6) is 0.662. The molecule has 0 aromatic carbocycles. The van der Waals surface area contributed by atoms with E-state index in [2.05, 4.69) is 19.2 Å². The number of hydrogen-bond donors (Lipinski definition) is 1. The molecule has 0 unspecified atom stereocenters. The van der Waals surface area contributed by atoms with E-state index >= 15 is 0 Å². The van der Waals surface area contributed by atoms with E-state index in [1.54, 1.807) is 0 Å². The second-order valence-electron chi connectivity index (χ2n) is 6.16. The lowest BCUT2D eigenvalue weighted by Crippen LogP contribution is -2.46. The average molecular weight is 308 g/mol. The topological polar surface area (TPSA) is 49.4 Å². The highest BCUT2D eigenvalue weighted by atomic mass is 32.1. The molecule has 2 rings (SSSR count). The van der Waals surface area contributed by atoms with Gasteiger partial charge in [0.05, 0.1) is 4.88 Å². The third-order valence-corrected chi connectivity index (χ3v) is 4.85. The summed E-state index contributed by atoms with van der Waals surface area (Å²) in [6.07, 6.45) is 2.31. The second-order valence-corrected chi connectivity index (χ2v) is 7.08. The first-order valence-electron chi connectivity index (χ1n) is 7.60. The van der Waals surface area contributed by atoms with Crippen LogP contribution in [0.25, 0.3) is 0 Å². The van der Waals surface area contributed by atoms with E-state index in [9.17, 15) is 9.59 Å². The maximum atomic E-state index is 12.2. The molecule has 0 saturated carbocycles. The molecule has 2 heterocycles. The van der Waals surface area contributed by atoms with Crippen LogP contribution in [-0.4, -0.2) is 35.8 Å². The summed E-state index contributed by atoms with van der Waals surface area (Å²) in [6.45, 7) is 7.58. The van der Waals surface area contributed by atoms with Gasteiger partial charge in [-0.3, -0.25) is 9.59 Å². The lowest BCUT2D eigenvalue weighted by Gasteiger charge is -2.32. The summed E-state index contributed by atoms with van der Waals surface area (Å²) in [5.41, 5.74) is 1.03. The molecule has 1 aliphatic rings. The number of amides is 2. The van der Waals surface area contributed by atoms with E-state index in [1.165, 1.54) is 11.3 Å². The first-order valence-corrected chi connectivity index (χ1v) is 8.48. The largest absolute Gasteiger partial charge is 0.348 e. The highest BCUT2D eigenvalue weighted by molar-refractivity contribution is 7.12. The van der Waals surface area contributed by atoms with Crippen LogP contribution < -0.4 is 5.32 Å². The Morgan fingerprint density at radius 3 is 2.57 bits per heavy atom. The Morgan fingerprint density at radius 1 is 1.38 bits per heavy atom. The number of carbonyl (C=O) groups is 2. The van der Waals surface area contributed by atoms with E-state index in [-0.39, 0.29) is 17.9 Å². The van der Waals surface area contributed by atoms with E-state index in [4.69, 9.17) is 0 Å². The summed E-state index contributed by atoms with van der Waals surface area (Å²) >= 11 is 1.48. The Morgan fingerprint density at radius 2 is 2.05 bits per heavy atom. The van der Waals surface area contributed by atoms with E-state index in [0.717, 1.165) is 36.4 Å². The van der Waals surface area contributed by atoms with Crippen molar-refractivity contribution in [1.82, 2.24) is 10.2 Å². The molecule has 5 heteroatoms. The zero-order chi connectivity index (χ0) is 15.4. The molecule has 116 valence electrons. The Kier molecular flexibility index (Phi) is 5.39. The quantitative estimate of drug-likeness (QED) is 0.930. The molecule has 2 amide bonds. The van der Waals surface area contributed by atoms with E-state index in [1.807, 2.05) is 23.3 Å². The summed E-state index contributed by atoms with van der Waals surface area (Å²) in [5, 5.41) is 5.04. The van der Waals surface area contributed by atoms with Gasteiger partial charge in [-0.2, -0.15) is 0 Å². The molecule has 0 spiro atoms. The smallest absolute Gasteiger partial charge is 0.261 e. The van der Waals surface area contributed by atoms with Crippen molar-refractivity contribution in [1.29, 1.82) is 0 Å². The van der Waals surface area contributed by atoms with Gasteiger partial charge in [0, 0.05) is 25.6 Å². The van der Waals surface area contributed by atoms with Crippen molar-refractivity contribution in [3.63, 3.8) is 0 Å². The van der Waals surface area contributed by atoms with Crippen molar-refractivity contribution >= 4 is 23.2 Å². The molecule has 1 fully saturated rings. The maximum Gasteiger partial charge on any atom is 0.261 e. The highest BCUT2D eigenvalue weighted by Gasteiger charge is 2.24. The van der Waals surface area contributed by atoms with Gasteiger partial charge in [-0.15, -0.1) is 11.3 Å². The van der Waals surface area contributed by atoms with Gasteiger partial charge < -0.3 is 10.2 Å². The van der Waals surface area contributed by atoms with Gasteiger partial charge in [0.25, 0.3) is 5.91 Å². The number of carbonyl (C=O) groups excluding carboxylic acids is 2. The number of nitrogens with zero attached hydrogens (tertiary/aromatic N) is 1. The summed E-state index contributed by atoms with van der Waals surface area (Å²) < 4.78 is 0. The normalized spacial score (nSPS) is 16.3. The molecule has 1 saturated heterocycles. The average Bonchev–Trinajstić information content (AvgIpc) is 2.85. The number of thiophene rings is 1. The van der Waals surface area contributed by atoms with Crippen molar-refractivity contribution in [3.8, 4) is 0 Å². The highest BCUT2D eigenvalue weighted by Crippen LogP contribution is 2.18. The Balaban J connectivity index is 1.80. The Labute approximate surface area is 130 Å². The molecule has 0 radical (unpaired) electrons. The molecule has 0 bridgehead atoms. The lowest BCUT2D eigenvalue weighted by atomic mass is 10.0. The lowest BCUT2D eigenvalue weighted by molar-refractivity contribution is -0.133. The van der Waals surface area contributed by atoms with Gasteiger partial charge in [-0.25, -0.2) is 0 Å². The SMILES string of the molecule is Cc1ccsc1C(=O)NC1CCN(C(=O)CC(C)C)CC1. The van der Waals surface area contributed by atoms with Crippen LogP contribution in [0.5, 0.6) is 0 Å². The van der Waals surface area contributed by atoms with Crippen LogP contribution in [-0.2, 0) is 4.79 Å². The fourth-order valence-corrected chi connectivity index (χ4v) is 3.44. The van der Waals surface area contributed by atoms with E-state index in [0.29, 0.717) is 12.3 Å². The van der Waals surface area contributed by atoms with Crippen molar-refractivity contribution in [3.05, 3.63) is 21.9 Å². The van der Waals surface area contributed by atoms with Crippen LogP contribution in [0.2, 0.25) is 0 Å². The van der Waals surface area contributed by atoms with Gasteiger partial charge in [0.1, 0.15) is 0 Å². The molecular weight excluding hydrogens is 284 g/mol. The van der Waals surface area contributed by atoms with Crippen LogP contribution in [0.4, 0.5) is 0 Å². The van der Waals surface area contributed by atoms with Crippen molar-refractivity contribution < 1.29 is 9.59 Å². The van der Waals surface area contributed by atoms with Crippen LogP contribution >= 0.6 is 11.3 Å². The van der Waals surface area contributed by atoms with Crippen molar-refractivity contribution in [2.24, 2.45) is 5.92 Å². The van der Waals surface area contributed by atoms with Crippen molar-refractivity contribution in [2.75, 3.05) is 13.1 Å². The molecule has 0 atom stereocenters. The molecule has 1 aromatic heterocycles. The van der Waals surface area contributed by atoms with E-state index < -0.39 is 0 Å². The zero-order valence-electron chi connectivity index (χ0n) is 13.0. The number of hydrogen-bond acceptors (Lipinski definition) is 3. The van der Waals surface area contributed by atoms with Crippen LogP contribution in [0.1, 0.15) is 48.3 Å². The minimum absolute atomic E-state index is 0.0226. The minimum Gasteiger partial charge on any atom is -0.348 e. The molecular formula is C16H24N2O2S. The molecule has 21 heavy (non-hydrogen) atoms. The molecule has 1 aliphatic heterocycles. The van der Waals surface area contributed by atoms with Crippen LogP contribution in [0, 0.1) is 12.8 Å². The summed E-state index contributed by atoms with van der Waals surface area (Å²) in [6, 6.07) is 2.15. The predicted molar refractivity (Wildman–Crippen MR) is 85.6 cm³/mol. The minimum atomic E-state index is 0.0226. The first kappa shape index (κ1) is 16.0. The monoisotopic (exact) mass is 308 g/mol. The number of likely N-dealkylation sites (tertiary alicyclic amines) is 1. The number of piperidine rings is 1. The molecule has 0 aliphatic carbocycles. The standard InChI is InChI=1S/C16H24N2O2S/c1-11(2)10-14(19)18-7-4-13(5-8-18)17-16(20)15-12(3)6-9-21-15/h6,9,11,13H,4-5,7-8,10H2,1-3H3,(H,17,20).